The second kappa shape index (κ2) is 8.78. The molecule has 1 aliphatic carbocycles. The highest BCUT2D eigenvalue weighted by Gasteiger charge is 2.29. The molecule has 3 aliphatic rings. The number of benzene rings is 1. The molecule has 1 N–H and O–H groups in total. The monoisotopic (exact) mass is 454 g/mol. The molecule has 5 rings (SSSR count). The van der Waals surface area contributed by atoms with Gasteiger partial charge in [0.05, 0.1) is 17.6 Å². The smallest absolute Gasteiger partial charge is 0.243 e. The summed E-state index contributed by atoms with van der Waals surface area (Å²) in [5, 5.41) is 3.23. The topological polar surface area (TPSA) is 90.8 Å². The van der Waals surface area contributed by atoms with Crippen molar-refractivity contribution >= 4 is 38.9 Å². The van der Waals surface area contributed by atoms with Gasteiger partial charge in [0, 0.05) is 30.5 Å². The molecule has 0 radical (unpaired) electrons. The van der Waals surface area contributed by atoms with E-state index in [9.17, 15) is 8.42 Å². The van der Waals surface area contributed by atoms with Crippen LogP contribution in [0.2, 0.25) is 0 Å². The maximum atomic E-state index is 12.9. The quantitative estimate of drug-likeness (QED) is 0.726. The lowest BCUT2D eigenvalue weighted by atomic mass is 10.1. The second-order valence-electron chi connectivity index (χ2n) is 8.93. The molecule has 1 saturated carbocycles. The van der Waals surface area contributed by atoms with Crippen molar-refractivity contribution in [3.05, 3.63) is 30.5 Å². The van der Waals surface area contributed by atoms with Gasteiger partial charge in [-0.15, -0.1) is 0 Å². The van der Waals surface area contributed by atoms with E-state index in [-0.39, 0.29) is 0 Å². The summed E-state index contributed by atoms with van der Waals surface area (Å²) in [7, 11) is -3.43. The third-order valence-electron chi connectivity index (χ3n) is 6.56. The molecule has 1 aromatic carbocycles. The van der Waals surface area contributed by atoms with Gasteiger partial charge in [-0.3, -0.25) is 4.99 Å². The Morgan fingerprint density at radius 3 is 2.44 bits per heavy atom. The summed E-state index contributed by atoms with van der Waals surface area (Å²) in [4.78, 5) is 16.6. The van der Waals surface area contributed by atoms with E-state index < -0.39 is 10.0 Å². The van der Waals surface area contributed by atoms with E-state index in [0.717, 1.165) is 48.7 Å². The number of aromatic nitrogens is 2. The number of nitrogens with zero attached hydrogens (tertiary/aromatic N) is 5. The van der Waals surface area contributed by atoms with Crippen LogP contribution in [0.1, 0.15) is 51.9 Å². The van der Waals surface area contributed by atoms with E-state index in [4.69, 9.17) is 4.98 Å². The molecule has 2 aliphatic heterocycles. The highest BCUT2D eigenvalue weighted by Crippen LogP contribution is 2.36. The molecule has 170 valence electrons. The molecule has 0 unspecified atom stereocenters. The Kier molecular flexibility index (Phi) is 5.86. The van der Waals surface area contributed by atoms with Crippen molar-refractivity contribution in [1.82, 2.24) is 14.3 Å². The van der Waals surface area contributed by atoms with Gasteiger partial charge in [0.25, 0.3) is 0 Å². The lowest BCUT2D eigenvalue weighted by Crippen LogP contribution is -2.39. The zero-order valence-electron chi connectivity index (χ0n) is 18.5. The van der Waals surface area contributed by atoms with Crippen LogP contribution in [-0.4, -0.2) is 54.1 Å². The summed E-state index contributed by atoms with van der Waals surface area (Å²) >= 11 is 0. The van der Waals surface area contributed by atoms with E-state index in [0.29, 0.717) is 30.0 Å². The van der Waals surface area contributed by atoms with Crippen LogP contribution in [0.4, 0.5) is 23.1 Å². The Balaban J connectivity index is 1.35. The largest absolute Gasteiger partial charge is 0.346 e. The average Bonchev–Trinajstić information content (AvgIpc) is 3.35. The van der Waals surface area contributed by atoms with Crippen LogP contribution in [0.5, 0.6) is 0 Å². The fraction of sp³-hybridized carbons (Fsp3) is 0.522. The van der Waals surface area contributed by atoms with Gasteiger partial charge in [-0.1, -0.05) is 19.3 Å². The third-order valence-corrected chi connectivity index (χ3v) is 8.47. The Labute approximate surface area is 189 Å². The van der Waals surface area contributed by atoms with Crippen molar-refractivity contribution < 1.29 is 8.42 Å². The average molecular weight is 455 g/mol. The normalized spacial score (nSPS) is 20.2. The van der Waals surface area contributed by atoms with Crippen molar-refractivity contribution in [3.8, 4) is 0 Å². The van der Waals surface area contributed by atoms with E-state index in [2.05, 4.69) is 27.1 Å². The Morgan fingerprint density at radius 2 is 1.72 bits per heavy atom. The molecular weight excluding hydrogens is 424 g/mol. The zero-order chi connectivity index (χ0) is 22.1. The lowest BCUT2D eigenvalue weighted by Gasteiger charge is -2.33. The van der Waals surface area contributed by atoms with Crippen LogP contribution in [0, 0.1) is 0 Å². The van der Waals surface area contributed by atoms with E-state index in [1.54, 1.807) is 34.8 Å². The Bertz CT molecular complexity index is 1100. The molecule has 8 nitrogen and oxygen atoms in total. The molecule has 3 heterocycles. The van der Waals surface area contributed by atoms with Crippen molar-refractivity contribution in [2.75, 3.05) is 29.9 Å². The number of anilines is 3. The first kappa shape index (κ1) is 21.3. The number of fused-ring (bicyclic) bond motifs is 1. The van der Waals surface area contributed by atoms with Gasteiger partial charge in [-0.2, -0.15) is 9.29 Å². The second-order valence-corrected chi connectivity index (χ2v) is 10.9. The molecule has 1 saturated heterocycles. The molecule has 2 aromatic rings. The molecule has 0 amide bonds. The summed E-state index contributed by atoms with van der Waals surface area (Å²) in [5.74, 6) is 1.37. The predicted octanol–water partition coefficient (Wildman–Crippen LogP) is 4.25. The number of hydrogen-bond donors (Lipinski definition) is 1. The first-order chi connectivity index (χ1) is 15.5. The highest BCUT2D eigenvalue weighted by molar-refractivity contribution is 7.89. The highest BCUT2D eigenvalue weighted by atomic mass is 32.2. The molecule has 9 heteroatoms. The summed E-state index contributed by atoms with van der Waals surface area (Å²) in [6, 6.07) is 7.36. The number of nitrogens with one attached hydrogen (secondary N) is 1. The minimum absolute atomic E-state index is 0.327. The SMILES string of the molecule is CC1=Nc2cnc(Nc3ccc(S(=O)(=O)N4CCCCC4)cc3)nc2N(C2CCCC2)C1. The van der Waals surface area contributed by atoms with Crippen molar-refractivity contribution in [1.29, 1.82) is 0 Å². The van der Waals surface area contributed by atoms with Crippen LogP contribution in [0.15, 0.2) is 40.4 Å². The summed E-state index contributed by atoms with van der Waals surface area (Å²) in [5.41, 5.74) is 2.65. The Hall–Kier alpha value is -2.52. The molecule has 32 heavy (non-hydrogen) atoms. The fourth-order valence-corrected chi connectivity index (χ4v) is 6.41. The summed E-state index contributed by atoms with van der Waals surface area (Å²) in [6.45, 7) is 4.06. The molecule has 1 aromatic heterocycles. The molecular formula is C23H30N6O2S. The van der Waals surface area contributed by atoms with Gasteiger partial charge >= 0.3 is 0 Å². The molecule has 0 spiro atoms. The summed E-state index contributed by atoms with van der Waals surface area (Å²) in [6.07, 6.45) is 9.61. The van der Waals surface area contributed by atoms with Crippen LogP contribution >= 0.6 is 0 Å². The minimum atomic E-state index is -3.43. The van der Waals surface area contributed by atoms with Crippen molar-refractivity contribution in [3.63, 3.8) is 0 Å². The van der Waals surface area contributed by atoms with Gasteiger partial charge in [-0.25, -0.2) is 13.4 Å². The molecule has 0 atom stereocenters. The van der Waals surface area contributed by atoms with Gasteiger partial charge in [0.1, 0.15) is 5.69 Å². The number of hydrogen-bond acceptors (Lipinski definition) is 7. The van der Waals surface area contributed by atoms with Gasteiger partial charge < -0.3 is 10.2 Å². The predicted molar refractivity (Wildman–Crippen MR) is 127 cm³/mol. The van der Waals surface area contributed by atoms with Crippen LogP contribution in [-0.2, 0) is 10.0 Å². The zero-order valence-corrected chi connectivity index (χ0v) is 19.3. The van der Waals surface area contributed by atoms with Crippen LogP contribution in [0.3, 0.4) is 0 Å². The van der Waals surface area contributed by atoms with Crippen molar-refractivity contribution in [2.45, 2.75) is 62.8 Å². The maximum Gasteiger partial charge on any atom is 0.243 e. The fourth-order valence-electron chi connectivity index (χ4n) is 4.89. The van der Waals surface area contributed by atoms with Crippen molar-refractivity contribution in [2.24, 2.45) is 4.99 Å². The number of piperidine rings is 1. The van der Waals surface area contributed by atoms with Gasteiger partial charge in [0.15, 0.2) is 5.82 Å². The molecule has 2 fully saturated rings. The number of sulfonamides is 1. The van der Waals surface area contributed by atoms with Gasteiger partial charge in [0.2, 0.25) is 16.0 Å². The first-order valence-corrected chi connectivity index (χ1v) is 13.0. The van der Waals surface area contributed by atoms with Gasteiger partial charge in [-0.05, 0) is 56.9 Å². The van der Waals surface area contributed by atoms with E-state index in [1.807, 2.05) is 0 Å². The standard InChI is InChI=1S/C23H30N6O2S/c1-17-16-29(19-7-3-4-8-19)22-21(25-17)15-24-23(27-22)26-18-9-11-20(12-10-18)32(30,31)28-13-5-2-6-14-28/h9-12,15,19H,2-8,13-14,16H2,1H3,(H,24,26,27). The maximum absolute atomic E-state index is 12.9. The number of aliphatic imine (C=N–C) groups is 1. The minimum Gasteiger partial charge on any atom is -0.346 e. The van der Waals surface area contributed by atoms with Crippen LogP contribution < -0.4 is 10.2 Å². The summed E-state index contributed by atoms with van der Waals surface area (Å²) < 4.78 is 27.3. The van der Waals surface area contributed by atoms with Crippen LogP contribution in [0.25, 0.3) is 0 Å². The van der Waals surface area contributed by atoms with E-state index in [1.165, 1.54) is 25.7 Å². The first-order valence-electron chi connectivity index (χ1n) is 11.6. The van der Waals surface area contributed by atoms with E-state index >= 15 is 0 Å². The third kappa shape index (κ3) is 4.23. The Morgan fingerprint density at radius 1 is 1.00 bits per heavy atom. The lowest BCUT2D eigenvalue weighted by molar-refractivity contribution is 0.346. The molecule has 0 bridgehead atoms. The number of rotatable bonds is 5.